The Morgan fingerprint density at radius 3 is 2.81 bits per heavy atom. The van der Waals surface area contributed by atoms with Crippen LogP contribution in [0, 0.1) is 0 Å². The number of rotatable bonds is 5. The fourth-order valence-corrected chi connectivity index (χ4v) is 2.27. The zero-order chi connectivity index (χ0) is 18.8. The monoisotopic (exact) mass is 365 g/mol. The van der Waals surface area contributed by atoms with Crippen molar-refractivity contribution in [3.05, 3.63) is 47.7 Å². The molecule has 4 rings (SSSR count). The van der Waals surface area contributed by atoms with Gasteiger partial charge in [-0.05, 0) is 34.6 Å². The van der Waals surface area contributed by atoms with Crippen LogP contribution in [0.2, 0.25) is 0 Å². The third kappa shape index (κ3) is 3.28. The molecule has 0 saturated heterocycles. The fourth-order valence-electron chi connectivity index (χ4n) is 2.27. The molecule has 0 atom stereocenters. The number of hydrogen-bond donors (Lipinski definition) is 3. The highest BCUT2D eigenvalue weighted by Crippen LogP contribution is 2.23. The lowest BCUT2D eigenvalue weighted by Gasteiger charge is -2.00. The van der Waals surface area contributed by atoms with Crippen molar-refractivity contribution in [3.8, 4) is 11.3 Å². The molecule has 27 heavy (non-hydrogen) atoms. The predicted octanol–water partition coefficient (Wildman–Crippen LogP) is 2.00. The number of nitrogens with zero attached hydrogens (tertiary/aromatic N) is 5. The third-order valence-corrected chi connectivity index (χ3v) is 3.52. The number of aromatic nitrogens is 4. The second-order valence-electron chi connectivity index (χ2n) is 5.33. The molecule has 3 aromatic heterocycles. The number of carboxylic acid groups (broad SMARTS) is 1. The molecule has 4 N–H and O–H groups in total. The van der Waals surface area contributed by atoms with E-state index >= 15 is 0 Å². The van der Waals surface area contributed by atoms with Gasteiger partial charge in [-0.25, -0.2) is 14.4 Å². The van der Waals surface area contributed by atoms with Crippen molar-refractivity contribution in [2.24, 2.45) is 5.10 Å². The summed E-state index contributed by atoms with van der Waals surface area (Å²) in [6, 6.07) is 9.83. The number of anilines is 2. The Morgan fingerprint density at radius 1 is 1.19 bits per heavy atom. The molecule has 0 amide bonds. The number of aromatic carboxylic acids is 1. The van der Waals surface area contributed by atoms with Crippen LogP contribution in [0.4, 0.5) is 11.6 Å². The molecule has 3 heterocycles. The summed E-state index contributed by atoms with van der Waals surface area (Å²) >= 11 is 0. The maximum absolute atomic E-state index is 11.1. The van der Waals surface area contributed by atoms with Crippen molar-refractivity contribution in [3.63, 3.8) is 0 Å². The Morgan fingerprint density at radius 2 is 2.00 bits per heavy atom. The van der Waals surface area contributed by atoms with Crippen molar-refractivity contribution < 1.29 is 18.9 Å². The van der Waals surface area contributed by atoms with Gasteiger partial charge in [0.25, 0.3) is 0 Å². The lowest BCUT2D eigenvalue weighted by molar-refractivity contribution is 0.0697. The SMILES string of the molecule is Nc1nc2nonc2nc1N/N=C/c1ccc(-c2cccc(C(=O)O)c2)o1. The van der Waals surface area contributed by atoms with Crippen molar-refractivity contribution >= 4 is 35.1 Å². The van der Waals surface area contributed by atoms with E-state index in [9.17, 15) is 4.79 Å². The van der Waals surface area contributed by atoms with E-state index in [2.05, 4.69) is 35.4 Å². The van der Waals surface area contributed by atoms with Crippen molar-refractivity contribution in [1.82, 2.24) is 20.3 Å². The van der Waals surface area contributed by atoms with E-state index < -0.39 is 5.97 Å². The van der Waals surface area contributed by atoms with Crippen molar-refractivity contribution in [2.75, 3.05) is 11.2 Å². The number of nitrogens with one attached hydrogen (secondary N) is 1. The predicted molar refractivity (Wildman–Crippen MR) is 94.1 cm³/mol. The zero-order valence-corrected chi connectivity index (χ0v) is 13.5. The second-order valence-corrected chi connectivity index (χ2v) is 5.33. The molecule has 0 aliphatic carbocycles. The van der Waals surface area contributed by atoms with E-state index in [0.29, 0.717) is 17.1 Å². The molecule has 0 spiro atoms. The lowest BCUT2D eigenvalue weighted by atomic mass is 10.1. The smallest absolute Gasteiger partial charge is 0.335 e. The summed E-state index contributed by atoms with van der Waals surface area (Å²) in [6.07, 6.45) is 1.41. The van der Waals surface area contributed by atoms with Crippen LogP contribution in [-0.2, 0) is 0 Å². The average Bonchev–Trinajstić information content (AvgIpc) is 3.31. The molecule has 4 aromatic rings. The number of furan rings is 1. The van der Waals surface area contributed by atoms with Crippen molar-refractivity contribution in [1.29, 1.82) is 0 Å². The van der Waals surface area contributed by atoms with Gasteiger partial charge in [-0.1, -0.05) is 12.1 Å². The number of benzene rings is 1. The van der Waals surface area contributed by atoms with Crippen LogP contribution in [0.5, 0.6) is 0 Å². The van der Waals surface area contributed by atoms with Gasteiger partial charge in [-0.3, -0.25) is 5.43 Å². The second kappa shape index (κ2) is 6.55. The van der Waals surface area contributed by atoms with Gasteiger partial charge >= 0.3 is 5.97 Å². The minimum absolute atomic E-state index is 0.0842. The Bertz CT molecular complexity index is 1160. The summed E-state index contributed by atoms with van der Waals surface area (Å²) in [5, 5.41) is 20.2. The van der Waals surface area contributed by atoms with Crippen LogP contribution in [0.25, 0.3) is 22.6 Å². The van der Waals surface area contributed by atoms with Gasteiger partial charge in [0.2, 0.25) is 11.3 Å². The summed E-state index contributed by atoms with van der Waals surface area (Å²) in [4.78, 5) is 19.1. The van der Waals surface area contributed by atoms with Crippen LogP contribution < -0.4 is 11.2 Å². The molecule has 11 heteroatoms. The van der Waals surface area contributed by atoms with Gasteiger partial charge < -0.3 is 15.3 Å². The number of hydrogen-bond acceptors (Lipinski definition) is 10. The average molecular weight is 365 g/mol. The standard InChI is InChI=1S/C16H11N7O4/c17-12-13(20-15-14(19-12)22-27-23-15)21-18-7-10-4-5-11(26-10)8-2-1-3-9(6-8)16(24)25/h1-7H,(H,24,25)(H2,17,19,22)(H,20,21,23)/b18-7+. The first-order valence-corrected chi connectivity index (χ1v) is 7.58. The Hall–Kier alpha value is -4.28. The first-order valence-electron chi connectivity index (χ1n) is 7.58. The molecule has 0 bridgehead atoms. The normalized spacial score (nSPS) is 11.3. The van der Waals surface area contributed by atoms with E-state index in [1.54, 1.807) is 24.3 Å². The van der Waals surface area contributed by atoms with Crippen molar-refractivity contribution in [2.45, 2.75) is 0 Å². The van der Waals surface area contributed by atoms with E-state index in [4.69, 9.17) is 15.3 Å². The molecule has 1 aromatic carbocycles. The highest BCUT2D eigenvalue weighted by molar-refractivity contribution is 5.89. The highest BCUT2D eigenvalue weighted by Gasteiger charge is 2.10. The van der Waals surface area contributed by atoms with E-state index in [1.807, 2.05) is 0 Å². The number of nitrogens with two attached hydrogens (primary N) is 1. The number of fused-ring (bicyclic) bond motifs is 1. The Kier molecular flexibility index (Phi) is 3.93. The number of hydrazone groups is 1. The maximum atomic E-state index is 11.1. The van der Waals surface area contributed by atoms with Gasteiger partial charge in [0.1, 0.15) is 11.5 Å². The summed E-state index contributed by atoms with van der Waals surface area (Å²) in [5.74, 6) is 0.214. The molecule has 0 fully saturated rings. The summed E-state index contributed by atoms with van der Waals surface area (Å²) < 4.78 is 10.2. The largest absolute Gasteiger partial charge is 0.478 e. The summed E-state index contributed by atoms with van der Waals surface area (Å²) in [6.45, 7) is 0. The lowest BCUT2D eigenvalue weighted by Crippen LogP contribution is -2.02. The molecule has 0 aliphatic heterocycles. The van der Waals surface area contributed by atoms with Gasteiger partial charge in [0.05, 0.1) is 11.8 Å². The van der Waals surface area contributed by atoms with E-state index in [-0.39, 0.29) is 28.5 Å². The van der Waals surface area contributed by atoms with Gasteiger partial charge in [-0.15, -0.1) is 0 Å². The molecule has 134 valence electrons. The summed E-state index contributed by atoms with van der Waals surface area (Å²) in [7, 11) is 0. The van der Waals surface area contributed by atoms with Crippen LogP contribution in [-0.4, -0.2) is 37.6 Å². The van der Waals surface area contributed by atoms with Gasteiger partial charge in [-0.2, -0.15) is 10.1 Å². The first-order chi connectivity index (χ1) is 13.1. The Labute approximate surface area is 150 Å². The van der Waals surface area contributed by atoms with Gasteiger partial charge in [0, 0.05) is 5.56 Å². The van der Waals surface area contributed by atoms with Crippen LogP contribution in [0.15, 0.2) is 50.5 Å². The first kappa shape index (κ1) is 16.2. The van der Waals surface area contributed by atoms with Crippen LogP contribution >= 0.6 is 0 Å². The number of carboxylic acids is 1. The molecule has 0 aliphatic rings. The topological polar surface area (TPSA) is 166 Å². The number of carbonyl (C=O) groups is 1. The third-order valence-electron chi connectivity index (χ3n) is 3.52. The molecular weight excluding hydrogens is 354 g/mol. The molecular formula is C16H11N7O4. The molecule has 11 nitrogen and oxygen atoms in total. The van der Waals surface area contributed by atoms with E-state index in [1.165, 1.54) is 18.3 Å². The zero-order valence-electron chi connectivity index (χ0n) is 13.5. The van der Waals surface area contributed by atoms with E-state index in [0.717, 1.165) is 0 Å². The Balaban J connectivity index is 1.51. The van der Waals surface area contributed by atoms with Crippen LogP contribution in [0.3, 0.4) is 0 Å². The highest BCUT2D eigenvalue weighted by atomic mass is 16.6. The maximum Gasteiger partial charge on any atom is 0.335 e. The van der Waals surface area contributed by atoms with Gasteiger partial charge in [0.15, 0.2) is 11.6 Å². The molecule has 0 unspecified atom stereocenters. The molecule has 0 radical (unpaired) electrons. The minimum Gasteiger partial charge on any atom is -0.478 e. The fraction of sp³-hybridized carbons (Fsp3) is 0. The molecule has 0 saturated carbocycles. The number of nitrogen functional groups attached to an aromatic ring is 1. The quantitative estimate of drug-likeness (QED) is 0.351. The summed E-state index contributed by atoms with van der Waals surface area (Å²) in [5.41, 5.74) is 9.60. The van der Waals surface area contributed by atoms with Crippen LogP contribution in [0.1, 0.15) is 16.1 Å². The minimum atomic E-state index is -1.01.